The maximum Gasteiger partial charge on any atom is 0.345 e. The normalized spacial score (nSPS) is 19.5. The third-order valence-corrected chi connectivity index (χ3v) is 6.39. The van der Waals surface area contributed by atoms with Gasteiger partial charge in [-0.1, -0.05) is 27.7 Å². The van der Waals surface area contributed by atoms with E-state index in [2.05, 4.69) is 33.0 Å². The Labute approximate surface area is 232 Å². The molecular weight excluding hydrogens is 500 g/mol. The zero-order valence-corrected chi connectivity index (χ0v) is 24.4. The third-order valence-electron chi connectivity index (χ3n) is 6.39. The minimum atomic E-state index is -0.674. The molecule has 0 aliphatic heterocycles. The van der Waals surface area contributed by atoms with Gasteiger partial charge in [-0.15, -0.1) is 0 Å². The SMILES string of the molecule is CCOC(=O)C(=CO)C1=CC(=NCCNC2=CC(=C(C(=O)OCC)C(=O)OCC)CC(C)(C)C2)CC(C)(C)C1. The van der Waals surface area contributed by atoms with E-state index < -0.39 is 17.9 Å². The molecule has 0 aromatic heterocycles. The van der Waals surface area contributed by atoms with Crippen LogP contribution >= 0.6 is 0 Å². The topological polar surface area (TPSA) is 124 Å². The largest absolute Gasteiger partial charge is 0.515 e. The second-order valence-electron chi connectivity index (χ2n) is 11.3. The van der Waals surface area contributed by atoms with Crippen molar-refractivity contribution in [3.8, 4) is 0 Å². The minimum Gasteiger partial charge on any atom is -0.515 e. The summed E-state index contributed by atoms with van der Waals surface area (Å²) in [7, 11) is 0. The van der Waals surface area contributed by atoms with Gasteiger partial charge in [0.1, 0.15) is 5.57 Å². The molecule has 9 heteroatoms. The summed E-state index contributed by atoms with van der Waals surface area (Å²) >= 11 is 0. The molecule has 0 fully saturated rings. The lowest BCUT2D eigenvalue weighted by molar-refractivity contribution is -0.146. The second kappa shape index (κ2) is 14.1. The summed E-state index contributed by atoms with van der Waals surface area (Å²) < 4.78 is 15.4. The predicted octanol–water partition coefficient (Wildman–Crippen LogP) is 4.90. The molecule has 0 saturated heterocycles. The molecule has 39 heavy (non-hydrogen) atoms. The van der Waals surface area contributed by atoms with Crippen molar-refractivity contribution in [2.24, 2.45) is 15.8 Å². The Morgan fingerprint density at radius 2 is 1.44 bits per heavy atom. The molecule has 0 aromatic carbocycles. The van der Waals surface area contributed by atoms with Crippen LogP contribution in [-0.2, 0) is 28.6 Å². The molecule has 2 aliphatic carbocycles. The fourth-order valence-corrected chi connectivity index (χ4v) is 4.97. The highest BCUT2D eigenvalue weighted by atomic mass is 16.6. The molecule has 0 bridgehead atoms. The van der Waals surface area contributed by atoms with Crippen LogP contribution < -0.4 is 5.32 Å². The highest BCUT2D eigenvalue weighted by Gasteiger charge is 2.33. The van der Waals surface area contributed by atoms with Crippen molar-refractivity contribution in [2.45, 2.75) is 74.1 Å². The Kier molecular flexibility index (Phi) is 11.6. The molecule has 2 rings (SSSR count). The predicted molar refractivity (Wildman–Crippen MR) is 150 cm³/mol. The molecule has 0 saturated carbocycles. The number of allylic oxidation sites excluding steroid dienone is 4. The van der Waals surface area contributed by atoms with Gasteiger partial charge in [0.2, 0.25) is 0 Å². The van der Waals surface area contributed by atoms with Gasteiger partial charge >= 0.3 is 17.9 Å². The van der Waals surface area contributed by atoms with E-state index in [-0.39, 0.29) is 41.8 Å². The molecule has 0 spiro atoms. The van der Waals surface area contributed by atoms with Crippen molar-refractivity contribution in [2.75, 3.05) is 32.9 Å². The summed E-state index contributed by atoms with van der Waals surface area (Å²) in [6.07, 6.45) is 7.16. The Balaban J connectivity index is 2.24. The summed E-state index contributed by atoms with van der Waals surface area (Å²) in [6.45, 7) is 15.1. The fourth-order valence-electron chi connectivity index (χ4n) is 4.97. The maximum absolute atomic E-state index is 12.6. The number of nitrogens with zero attached hydrogens (tertiary/aromatic N) is 1. The standard InChI is InChI=1S/C30H44N2O7/c1-8-37-26(34)24(19-33)20-13-22(17-29(4,5)15-20)31-11-12-32-23-14-21(16-30(6,7)18-23)25(27(35)38-9-2)28(36)39-10-3/h13-14,19,32-33H,8-12,15-18H2,1-7H3. The minimum absolute atomic E-state index is 0.0533. The second-order valence-corrected chi connectivity index (χ2v) is 11.3. The van der Waals surface area contributed by atoms with E-state index in [1.807, 2.05) is 12.2 Å². The molecule has 2 aliphatic rings. The van der Waals surface area contributed by atoms with Gasteiger partial charge < -0.3 is 24.6 Å². The van der Waals surface area contributed by atoms with Crippen LogP contribution in [0.1, 0.15) is 74.1 Å². The lowest BCUT2D eigenvalue weighted by atomic mass is 9.75. The first-order valence-electron chi connectivity index (χ1n) is 13.6. The van der Waals surface area contributed by atoms with Crippen LogP contribution in [0.4, 0.5) is 0 Å². The van der Waals surface area contributed by atoms with Crippen molar-refractivity contribution < 1.29 is 33.7 Å². The van der Waals surface area contributed by atoms with Crippen LogP contribution in [-0.4, -0.2) is 61.6 Å². The zero-order valence-electron chi connectivity index (χ0n) is 24.4. The van der Waals surface area contributed by atoms with Crippen molar-refractivity contribution in [1.82, 2.24) is 5.32 Å². The molecule has 0 aromatic rings. The molecule has 0 radical (unpaired) electrons. The van der Waals surface area contributed by atoms with E-state index in [9.17, 15) is 19.5 Å². The van der Waals surface area contributed by atoms with E-state index in [4.69, 9.17) is 19.2 Å². The number of nitrogens with one attached hydrogen (secondary N) is 1. The number of hydrogen-bond donors (Lipinski definition) is 2. The van der Waals surface area contributed by atoms with Crippen LogP contribution in [0.15, 0.2) is 51.4 Å². The first kappa shape index (κ1) is 31.9. The smallest absolute Gasteiger partial charge is 0.345 e. The van der Waals surface area contributed by atoms with Gasteiger partial charge in [-0.05, 0) is 80.6 Å². The van der Waals surface area contributed by atoms with Crippen molar-refractivity contribution in [3.63, 3.8) is 0 Å². The number of hydrogen-bond acceptors (Lipinski definition) is 9. The van der Waals surface area contributed by atoms with Crippen molar-refractivity contribution >= 4 is 23.6 Å². The first-order valence-corrected chi connectivity index (χ1v) is 13.6. The summed E-state index contributed by atoms with van der Waals surface area (Å²) in [6, 6.07) is 0. The Morgan fingerprint density at radius 1 is 0.872 bits per heavy atom. The number of aliphatic hydroxyl groups excluding tert-OH is 1. The highest BCUT2D eigenvalue weighted by molar-refractivity contribution is 6.15. The highest BCUT2D eigenvalue weighted by Crippen LogP contribution is 2.39. The summed E-state index contributed by atoms with van der Waals surface area (Å²) in [5.41, 5.74) is 2.83. The lowest BCUT2D eigenvalue weighted by Gasteiger charge is -2.32. The number of rotatable bonds is 11. The Hall–Kier alpha value is -3.36. The van der Waals surface area contributed by atoms with Crippen LogP contribution in [0.5, 0.6) is 0 Å². The zero-order chi connectivity index (χ0) is 29.2. The molecule has 0 unspecified atom stereocenters. The molecule has 2 N–H and O–H groups in total. The number of carbonyl (C=O) groups excluding carboxylic acids is 3. The van der Waals surface area contributed by atoms with E-state index in [0.29, 0.717) is 37.1 Å². The van der Waals surface area contributed by atoms with Crippen LogP contribution in [0.25, 0.3) is 0 Å². The van der Waals surface area contributed by atoms with E-state index >= 15 is 0 Å². The van der Waals surface area contributed by atoms with Crippen LogP contribution in [0, 0.1) is 10.8 Å². The van der Waals surface area contributed by atoms with Gasteiger partial charge in [-0.3, -0.25) is 4.99 Å². The Morgan fingerprint density at radius 3 is 2.00 bits per heavy atom. The van der Waals surface area contributed by atoms with Gasteiger partial charge in [-0.25, -0.2) is 14.4 Å². The third kappa shape index (κ3) is 9.41. The van der Waals surface area contributed by atoms with Gasteiger partial charge in [0.15, 0.2) is 0 Å². The molecule has 0 atom stereocenters. The van der Waals surface area contributed by atoms with E-state index in [1.165, 1.54) is 0 Å². The summed E-state index contributed by atoms with van der Waals surface area (Å²) in [5.74, 6) is -1.90. The number of aliphatic hydroxyl groups is 1. The number of esters is 3. The number of carbonyl (C=O) groups is 3. The van der Waals surface area contributed by atoms with E-state index in [0.717, 1.165) is 30.5 Å². The van der Waals surface area contributed by atoms with Gasteiger partial charge in [0, 0.05) is 18.0 Å². The maximum atomic E-state index is 12.6. The van der Waals surface area contributed by atoms with Crippen molar-refractivity contribution in [1.29, 1.82) is 0 Å². The van der Waals surface area contributed by atoms with Crippen LogP contribution in [0.3, 0.4) is 0 Å². The average molecular weight is 545 g/mol. The molecular formula is C30H44N2O7. The first-order chi connectivity index (χ1) is 18.4. The lowest BCUT2D eigenvalue weighted by Crippen LogP contribution is -2.29. The van der Waals surface area contributed by atoms with Crippen LogP contribution in [0.2, 0.25) is 0 Å². The van der Waals surface area contributed by atoms with Gasteiger partial charge in [0.05, 0.1) is 38.2 Å². The summed E-state index contributed by atoms with van der Waals surface area (Å²) in [5, 5.41) is 13.1. The Bertz CT molecular complexity index is 1070. The van der Waals surface area contributed by atoms with Gasteiger partial charge in [0.25, 0.3) is 0 Å². The number of aliphatic imine (C=N–C) groups is 1. The monoisotopic (exact) mass is 544 g/mol. The average Bonchev–Trinajstić information content (AvgIpc) is 2.81. The molecule has 9 nitrogen and oxygen atoms in total. The van der Waals surface area contributed by atoms with E-state index in [1.54, 1.807) is 20.8 Å². The quantitative estimate of drug-likeness (QED) is 0.0716. The fraction of sp³-hybridized carbons (Fsp3) is 0.600. The molecule has 0 heterocycles. The van der Waals surface area contributed by atoms with Gasteiger partial charge in [-0.2, -0.15) is 0 Å². The molecule has 216 valence electrons. The summed E-state index contributed by atoms with van der Waals surface area (Å²) in [4.78, 5) is 42.3. The molecule has 0 amide bonds. The number of ether oxygens (including phenoxy) is 3. The van der Waals surface area contributed by atoms with Crippen molar-refractivity contribution in [3.05, 3.63) is 46.4 Å².